The van der Waals surface area contributed by atoms with Gasteiger partial charge in [0.2, 0.25) is 0 Å². The van der Waals surface area contributed by atoms with Crippen LogP contribution >= 0.6 is 0 Å². The van der Waals surface area contributed by atoms with E-state index in [1.807, 2.05) is 0 Å². The molecule has 1 heterocycles. The van der Waals surface area contributed by atoms with Crippen molar-refractivity contribution in [3.8, 4) is 11.5 Å². The average molecular weight is 337 g/mol. The van der Waals surface area contributed by atoms with Crippen molar-refractivity contribution in [2.45, 2.75) is 44.9 Å². The maximum Gasteiger partial charge on any atom is 0.411 e. The van der Waals surface area contributed by atoms with E-state index in [1.165, 1.54) is 24.1 Å². The fourth-order valence-corrected chi connectivity index (χ4v) is 2.48. The van der Waals surface area contributed by atoms with Crippen LogP contribution in [0.1, 0.15) is 27.2 Å². The first-order valence-electron chi connectivity index (χ1n) is 7.73. The van der Waals surface area contributed by atoms with Gasteiger partial charge in [0.1, 0.15) is 29.2 Å². The van der Waals surface area contributed by atoms with E-state index in [4.69, 9.17) is 14.2 Å². The summed E-state index contributed by atoms with van der Waals surface area (Å²) < 4.78 is 15.9. The molecule has 1 aliphatic heterocycles. The normalized spacial score (nSPS) is 20.6. The molecule has 1 saturated heterocycles. The quantitative estimate of drug-likeness (QED) is 0.852. The van der Waals surface area contributed by atoms with Crippen LogP contribution in [0.4, 0.5) is 4.79 Å². The summed E-state index contributed by atoms with van der Waals surface area (Å²) in [6, 6.07) is 5.52. The number of hydrogen-bond donors (Lipinski definition) is 1. The Morgan fingerprint density at radius 2 is 1.83 bits per heavy atom. The number of methoxy groups -OCH3 is 1. The number of likely N-dealkylation sites (tertiary alicyclic amines) is 1. The number of rotatable bonds is 3. The van der Waals surface area contributed by atoms with Gasteiger partial charge in [-0.3, -0.25) is 4.90 Å². The fraction of sp³-hybridized carbons (Fsp3) is 0.529. The number of phenols is 1. The minimum Gasteiger partial charge on any atom is -0.508 e. The lowest BCUT2D eigenvalue weighted by molar-refractivity contribution is -0.145. The van der Waals surface area contributed by atoms with Crippen LogP contribution < -0.4 is 4.74 Å². The first-order valence-corrected chi connectivity index (χ1v) is 7.73. The van der Waals surface area contributed by atoms with E-state index in [1.54, 1.807) is 32.9 Å². The second-order valence-corrected chi connectivity index (χ2v) is 6.64. The summed E-state index contributed by atoms with van der Waals surface area (Å²) in [6.07, 6.45) is -0.631. The fourth-order valence-electron chi connectivity index (χ4n) is 2.48. The molecule has 24 heavy (non-hydrogen) atoms. The van der Waals surface area contributed by atoms with Gasteiger partial charge < -0.3 is 19.3 Å². The third-order valence-electron chi connectivity index (χ3n) is 3.50. The Labute approximate surface area is 141 Å². The highest BCUT2D eigenvalue weighted by Crippen LogP contribution is 2.26. The summed E-state index contributed by atoms with van der Waals surface area (Å²) in [5.41, 5.74) is -0.659. The van der Waals surface area contributed by atoms with Gasteiger partial charge in [0.05, 0.1) is 13.7 Å². The van der Waals surface area contributed by atoms with Crippen LogP contribution in [-0.4, -0.2) is 53.5 Å². The Morgan fingerprint density at radius 3 is 2.38 bits per heavy atom. The van der Waals surface area contributed by atoms with Gasteiger partial charge in [-0.2, -0.15) is 0 Å². The van der Waals surface area contributed by atoms with Crippen molar-refractivity contribution in [1.29, 1.82) is 0 Å². The van der Waals surface area contributed by atoms with E-state index in [9.17, 15) is 14.7 Å². The minimum atomic E-state index is -0.744. The van der Waals surface area contributed by atoms with Crippen molar-refractivity contribution in [2.24, 2.45) is 0 Å². The van der Waals surface area contributed by atoms with Crippen LogP contribution in [-0.2, 0) is 14.3 Å². The first kappa shape index (κ1) is 17.9. The third-order valence-corrected chi connectivity index (χ3v) is 3.50. The van der Waals surface area contributed by atoms with Crippen molar-refractivity contribution < 1.29 is 28.9 Å². The monoisotopic (exact) mass is 337 g/mol. The SMILES string of the molecule is COC(=O)[C@@H]1CC(Oc2ccc(O)cc2)CN1C(=O)OC(C)(C)C. The molecule has 2 rings (SSSR count). The summed E-state index contributed by atoms with van der Waals surface area (Å²) in [5.74, 6) is 0.182. The van der Waals surface area contributed by atoms with Crippen molar-refractivity contribution in [1.82, 2.24) is 4.90 Å². The lowest BCUT2D eigenvalue weighted by Crippen LogP contribution is -2.44. The number of hydrogen-bond acceptors (Lipinski definition) is 6. The van der Waals surface area contributed by atoms with Crippen LogP contribution in [0.15, 0.2) is 24.3 Å². The maximum absolute atomic E-state index is 12.3. The largest absolute Gasteiger partial charge is 0.508 e. The molecule has 1 N–H and O–H groups in total. The predicted molar refractivity (Wildman–Crippen MR) is 85.9 cm³/mol. The zero-order valence-electron chi connectivity index (χ0n) is 14.3. The van der Waals surface area contributed by atoms with Crippen LogP contribution in [0.2, 0.25) is 0 Å². The molecule has 0 bridgehead atoms. The molecule has 0 aromatic heterocycles. The summed E-state index contributed by atoms with van der Waals surface area (Å²) in [6.45, 7) is 5.51. The lowest BCUT2D eigenvalue weighted by atomic mass is 10.2. The van der Waals surface area contributed by atoms with Crippen molar-refractivity contribution >= 4 is 12.1 Å². The number of nitrogens with zero attached hydrogens (tertiary/aromatic N) is 1. The van der Waals surface area contributed by atoms with Crippen LogP contribution in [0.3, 0.4) is 0 Å². The van der Waals surface area contributed by atoms with Crippen molar-refractivity contribution in [3.63, 3.8) is 0 Å². The van der Waals surface area contributed by atoms with Crippen LogP contribution in [0.25, 0.3) is 0 Å². The molecule has 1 amide bonds. The second-order valence-electron chi connectivity index (χ2n) is 6.64. The summed E-state index contributed by atoms with van der Waals surface area (Å²) in [7, 11) is 1.28. The molecule has 1 aromatic carbocycles. The molecule has 2 atom stereocenters. The molecular weight excluding hydrogens is 314 g/mol. The Hall–Kier alpha value is -2.44. The van der Waals surface area contributed by atoms with Gasteiger partial charge in [0.15, 0.2) is 0 Å². The van der Waals surface area contributed by atoms with E-state index >= 15 is 0 Å². The van der Waals surface area contributed by atoms with Gasteiger partial charge in [-0.05, 0) is 45.0 Å². The number of amides is 1. The molecule has 7 heteroatoms. The molecule has 7 nitrogen and oxygen atoms in total. The zero-order valence-corrected chi connectivity index (χ0v) is 14.3. The molecule has 0 spiro atoms. The average Bonchev–Trinajstić information content (AvgIpc) is 2.91. The molecule has 0 radical (unpaired) electrons. The summed E-state index contributed by atoms with van der Waals surface area (Å²) >= 11 is 0. The highest BCUT2D eigenvalue weighted by atomic mass is 16.6. The minimum absolute atomic E-state index is 0.136. The number of esters is 1. The van der Waals surface area contributed by atoms with E-state index in [0.29, 0.717) is 12.2 Å². The van der Waals surface area contributed by atoms with E-state index < -0.39 is 23.7 Å². The standard InChI is InChI=1S/C17H23NO6/c1-17(2,3)24-16(21)18-10-13(9-14(18)15(20)22-4)23-12-7-5-11(19)6-8-12/h5-8,13-14,19H,9-10H2,1-4H3/t13?,14-/m0/s1. The smallest absolute Gasteiger partial charge is 0.411 e. The van der Waals surface area contributed by atoms with E-state index in [-0.39, 0.29) is 18.4 Å². The Kier molecular flexibility index (Phi) is 5.21. The highest BCUT2D eigenvalue weighted by molar-refractivity contribution is 5.82. The van der Waals surface area contributed by atoms with Crippen molar-refractivity contribution in [3.05, 3.63) is 24.3 Å². The van der Waals surface area contributed by atoms with Crippen molar-refractivity contribution in [2.75, 3.05) is 13.7 Å². The van der Waals surface area contributed by atoms with Crippen LogP contribution in [0.5, 0.6) is 11.5 Å². The van der Waals surface area contributed by atoms with E-state index in [2.05, 4.69) is 0 Å². The predicted octanol–water partition coefficient (Wildman–Crippen LogP) is 2.32. The Balaban J connectivity index is 2.09. The first-order chi connectivity index (χ1) is 11.2. The molecular formula is C17H23NO6. The molecule has 1 fully saturated rings. The number of carbonyl (C=O) groups is 2. The van der Waals surface area contributed by atoms with Gasteiger partial charge in [0, 0.05) is 6.42 Å². The van der Waals surface area contributed by atoms with Crippen LogP contribution in [0, 0.1) is 0 Å². The molecule has 132 valence electrons. The van der Waals surface area contributed by atoms with Gasteiger partial charge >= 0.3 is 12.1 Å². The Morgan fingerprint density at radius 1 is 1.21 bits per heavy atom. The highest BCUT2D eigenvalue weighted by Gasteiger charge is 2.43. The molecule has 1 aromatic rings. The molecule has 0 aliphatic carbocycles. The maximum atomic E-state index is 12.3. The molecule has 1 unspecified atom stereocenters. The summed E-state index contributed by atoms with van der Waals surface area (Å²) in [4.78, 5) is 25.7. The van der Waals surface area contributed by atoms with Gasteiger partial charge in [-0.25, -0.2) is 9.59 Å². The van der Waals surface area contributed by atoms with E-state index in [0.717, 1.165) is 0 Å². The topological polar surface area (TPSA) is 85.3 Å². The third kappa shape index (κ3) is 4.53. The molecule has 1 aliphatic rings. The van der Waals surface area contributed by atoms with Gasteiger partial charge in [-0.1, -0.05) is 0 Å². The molecule has 0 saturated carbocycles. The zero-order chi connectivity index (χ0) is 17.9. The number of aromatic hydroxyl groups is 1. The number of benzene rings is 1. The Bertz CT molecular complexity index is 592. The number of carbonyl (C=O) groups excluding carboxylic acids is 2. The lowest BCUT2D eigenvalue weighted by Gasteiger charge is -2.27. The second kappa shape index (κ2) is 6.98. The summed E-state index contributed by atoms with van der Waals surface area (Å²) in [5, 5.41) is 9.30. The van der Waals surface area contributed by atoms with Gasteiger partial charge in [-0.15, -0.1) is 0 Å². The number of ether oxygens (including phenoxy) is 3. The van der Waals surface area contributed by atoms with Gasteiger partial charge in [0.25, 0.3) is 0 Å². The number of phenolic OH excluding ortho intramolecular Hbond substituents is 1.